The number of carbonyl (C=O) groups is 4. The lowest BCUT2D eigenvalue weighted by Crippen LogP contribution is -2.36. The van der Waals surface area contributed by atoms with Gasteiger partial charge in [0.05, 0.1) is 26.3 Å². The van der Waals surface area contributed by atoms with E-state index in [1.54, 1.807) is 30.1 Å². The Morgan fingerprint density at radius 2 is 1.26 bits per heavy atom. The molecule has 2 amide bonds. The molecular weight excluding hydrogens is 573 g/mol. The maximum absolute atomic E-state index is 12.3. The van der Waals surface area contributed by atoms with E-state index in [1.807, 2.05) is 38.1 Å². The summed E-state index contributed by atoms with van der Waals surface area (Å²) in [4.78, 5) is 44.3. The summed E-state index contributed by atoms with van der Waals surface area (Å²) >= 11 is 2.20. The Labute approximate surface area is 216 Å². The van der Waals surface area contributed by atoms with Gasteiger partial charge in [0.2, 0.25) is 11.8 Å². The van der Waals surface area contributed by atoms with Crippen molar-refractivity contribution in [3.8, 4) is 11.5 Å². The molecule has 2 aromatic rings. The summed E-state index contributed by atoms with van der Waals surface area (Å²) < 4.78 is 12.2. The van der Waals surface area contributed by atoms with E-state index in [9.17, 15) is 9.59 Å². The quantitative estimate of drug-likeness (QED) is 0.238. The van der Waals surface area contributed by atoms with Crippen LogP contribution in [-0.4, -0.2) is 72.2 Å². The maximum Gasteiger partial charge on any atom is 0.414 e. The second-order valence-corrected chi connectivity index (χ2v) is 8.16. The van der Waals surface area contributed by atoms with Gasteiger partial charge in [0, 0.05) is 21.0 Å². The molecule has 0 aliphatic carbocycles. The summed E-state index contributed by atoms with van der Waals surface area (Å²) in [6.07, 6.45) is 0. The number of nitrogens with zero attached hydrogens (tertiary/aromatic N) is 1. The zero-order chi connectivity index (χ0) is 26.4. The number of halogens is 1. The molecule has 4 N–H and O–H groups in total. The number of carbonyl (C=O) groups excluding carboxylic acids is 2. The molecule has 0 aromatic heterocycles. The minimum atomic E-state index is -1.82. The zero-order valence-electron chi connectivity index (χ0n) is 19.5. The summed E-state index contributed by atoms with van der Waals surface area (Å²) in [5, 5.41) is 20.4. The highest BCUT2D eigenvalue weighted by molar-refractivity contribution is 14.1. The van der Waals surface area contributed by atoms with Crippen LogP contribution in [0.25, 0.3) is 0 Å². The van der Waals surface area contributed by atoms with E-state index in [-0.39, 0.29) is 24.9 Å². The summed E-state index contributed by atoms with van der Waals surface area (Å²) in [5.74, 6) is -2.83. The van der Waals surface area contributed by atoms with Crippen LogP contribution >= 0.6 is 22.6 Å². The van der Waals surface area contributed by atoms with Crippen molar-refractivity contribution in [3.05, 3.63) is 46.0 Å². The number of aliphatic carboxylic acids is 2. The first-order valence-corrected chi connectivity index (χ1v) is 11.5. The summed E-state index contributed by atoms with van der Waals surface area (Å²) in [7, 11) is 1.72. The number of carboxylic acid groups (broad SMARTS) is 2. The predicted molar refractivity (Wildman–Crippen MR) is 138 cm³/mol. The van der Waals surface area contributed by atoms with E-state index in [0.717, 1.165) is 9.26 Å². The van der Waals surface area contributed by atoms with Crippen LogP contribution in [0, 0.1) is 3.57 Å². The molecule has 0 unspecified atom stereocenters. The summed E-state index contributed by atoms with van der Waals surface area (Å²) in [5.41, 5.74) is 1.34. The topological polar surface area (TPSA) is 154 Å². The number of nitrogens with one attached hydrogen (secondary N) is 2. The van der Waals surface area contributed by atoms with Gasteiger partial charge < -0.3 is 30.3 Å². The van der Waals surface area contributed by atoms with Crippen molar-refractivity contribution in [2.45, 2.75) is 13.8 Å². The molecule has 12 heteroatoms. The van der Waals surface area contributed by atoms with Gasteiger partial charge in [0.15, 0.2) is 11.5 Å². The molecule has 0 aliphatic rings. The number of hydrogen-bond donors (Lipinski definition) is 4. The molecular formula is C23H28IN3O8. The number of benzene rings is 2. The van der Waals surface area contributed by atoms with Crippen LogP contribution in [0.3, 0.4) is 0 Å². The fourth-order valence-corrected chi connectivity index (χ4v) is 2.97. The number of amides is 2. The minimum absolute atomic E-state index is 0.0806. The van der Waals surface area contributed by atoms with Gasteiger partial charge in [-0.3, -0.25) is 14.5 Å². The highest BCUT2D eigenvalue weighted by atomic mass is 127. The van der Waals surface area contributed by atoms with Gasteiger partial charge >= 0.3 is 11.9 Å². The number of carboxylic acids is 2. The van der Waals surface area contributed by atoms with Gasteiger partial charge in [0.25, 0.3) is 0 Å². The first-order chi connectivity index (χ1) is 16.5. The number of anilines is 2. The monoisotopic (exact) mass is 601 g/mol. The minimum Gasteiger partial charge on any atom is -0.490 e. The first kappa shape index (κ1) is 29.6. The van der Waals surface area contributed by atoms with Crippen molar-refractivity contribution in [2.24, 2.45) is 0 Å². The molecule has 0 spiro atoms. The largest absolute Gasteiger partial charge is 0.490 e. The fourth-order valence-electron chi connectivity index (χ4n) is 2.61. The van der Waals surface area contributed by atoms with Gasteiger partial charge in [-0.1, -0.05) is 0 Å². The van der Waals surface area contributed by atoms with Gasteiger partial charge in [0.1, 0.15) is 0 Å². The van der Waals surface area contributed by atoms with Crippen LogP contribution < -0.4 is 20.1 Å². The normalized spacial score (nSPS) is 9.97. The maximum atomic E-state index is 12.3. The van der Waals surface area contributed by atoms with Crippen molar-refractivity contribution in [1.82, 2.24) is 4.90 Å². The molecule has 0 aliphatic heterocycles. The standard InChI is InChI=1S/C21H26IN3O4.C2H2O4/c1-4-28-18-11-10-17(12-19(18)29-5-2)24-21(27)14-25(3)13-20(26)23-16-8-6-15(22)7-9-16;3-1(4)2(5)6/h6-12H,4-5,13-14H2,1-3H3,(H,23,26)(H,24,27);(H,3,4)(H,5,6). The predicted octanol–water partition coefficient (Wildman–Crippen LogP) is 2.75. The van der Waals surface area contributed by atoms with Crippen LogP contribution in [0.2, 0.25) is 0 Å². The second kappa shape index (κ2) is 15.5. The molecule has 0 heterocycles. The molecule has 190 valence electrons. The van der Waals surface area contributed by atoms with Crippen molar-refractivity contribution in [3.63, 3.8) is 0 Å². The van der Waals surface area contributed by atoms with Gasteiger partial charge in [-0.05, 0) is 79.9 Å². The molecule has 35 heavy (non-hydrogen) atoms. The summed E-state index contributed by atoms with van der Waals surface area (Å²) in [6, 6.07) is 12.8. The van der Waals surface area contributed by atoms with Crippen LogP contribution in [0.1, 0.15) is 13.8 Å². The number of hydrogen-bond acceptors (Lipinski definition) is 7. The Morgan fingerprint density at radius 3 is 1.74 bits per heavy atom. The Kier molecular flexibility index (Phi) is 13.1. The van der Waals surface area contributed by atoms with E-state index in [4.69, 9.17) is 29.3 Å². The molecule has 0 fully saturated rings. The third kappa shape index (κ3) is 12.0. The highest BCUT2D eigenvalue weighted by Gasteiger charge is 2.13. The number of ether oxygens (including phenoxy) is 2. The van der Waals surface area contributed by atoms with E-state index in [2.05, 4.69) is 33.2 Å². The van der Waals surface area contributed by atoms with E-state index in [0.29, 0.717) is 30.4 Å². The number of likely N-dealkylation sites (N-methyl/N-ethyl adjacent to an activating group) is 1. The smallest absolute Gasteiger partial charge is 0.414 e. The molecule has 0 bridgehead atoms. The molecule has 0 saturated carbocycles. The van der Waals surface area contributed by atoms with Gasteiger partial charge in [-0.25, -0.2) is 9.59 Å². The van der Waals surface area contributed by atoms with Crippen molar-refractivity contribution in [1.29, 1.82) is 0 Å². The van der Waals surface area contributed by atoms with E-state index in [1.165, 1.54) is 0 Å². The lowest BCUT2D eigenvalue weighted by atomic mass is 10.2. The van der Waals surface area contributed by atoms with Crippen LogP contribution in [-0.2, 0) is 19.2 Å². The average molecular weight is 601 g/mol. The average Bonchev–Trinajstić information content (AvgIpc) is 2.77. The van der Waals surface area contributed by atoms with E-state index >= 15 is 0 Å². The van der Waals surface area contributed by atoms with Crippen LogP contribution in [0.4, 0.5) is 11.4 Å². The van der Waals surface area contributed by atoms with Crippen molar-refractivity contribution < 1.29 is 38.9 Å². The zero-order valence-corrected chi connectivity index (χ0v) is 21.7. The molecule has 0 saturated heterocycles. The SMILES string of the molecule is CCOc1ccc(NC(=O)CN(C)CC(=O)Nc2ccc(I)cc2)cc1OCC.O=C(O)C(=O)O. The second-order valence-electron chi connectivity index (χ2n) is 6.91. The lowest BCUT2D eigenvalue weighted by Gasteiger charge is -2.17. The Hall–Kier alpha value is -3.39. The van der Waals surface area contributed by atoms with Crippen molar-refractivity contribution in [2.75, 3.05) is 44.0 Å². The molecule has 0 atom stereocenters. The Balaban J connectivity index is 0.000000905. The molecule has 2 rings (SSSR count). The van der Waals surface area contributed by atoms with Crippen molar-refractivity contribution >= 4 is 57.7 Å². The van der Waals surface area contributed by atoms with Gasteiger partial charge in [-0.15, -0.1) is 0 Å². The third-order valence-corrected chi connectivity index (χ3v) is 4.68. The van der Waals surface area contributed by atoms with E-state index < -0.39 is 11.9 Å². The molecule has 11 nitrogen and oxygen atoms in total. The van der Waals surface area contributed by atoms with Crippen LogP contribution in [0.15, 0.2) is 42.5 Å². The number of rotatable bonds is 10. The highest BCUT2D eigenvalue weighted by Crippen LogP contribution is 2.30. The third-order valence-electron chi connectivity index (χ3n) is 3.97. The summed E-state index contributed by atoms with van der Waals surface area (Å²) in [6.45, 7) is 4.99. The first-order valence-electron chi connectivity index (χ1n) is 10.4. The lowest BCUT2D eigenvalue weighted by molar-refractivity contribution is -0.159. The fraction of sp³-hybridized carbons (Fsp3) is 0.304. The molecule has 0 radical (unpaired) electrons. The Morgan fingerprint density at radius 1 is 0.800 bits per heavy atom. The van der Waals surface area contributed by atoms with Crippen LogP contribution in [0.5, 0.6) is 11.5 Å². The molecule has 2 aromatic carbocycles. The van der Waals surface area contributed by atoms with Gasteiger partial charge in [-0.2, -0.15) is 0 Å². The Bertz CT molecular complexity index is 1000.